The monoisotopic (exact) mass is 272 g/mol. The van der Waals surface area contributed by atoms with Crippen LogP contribution in [0, 0.1) is 0 Å². The SMILES string of the molecule is O=C(O)c1cccc(-c2cn3cccc(Cl)c3n2)c1. The van der Waals surface area contributed by atoms with E-state index in [1.54, 1.807) is 24.3 Å². The van der Waals surface area contributed by atoms with Gasteiger partial charge in [0.1, 0.15) is 0 Å². The number of carboxylic acids is 1. The van der Waals surface area contributed by atoms with Crippen LogP contribution in [0.25, 0.3) is 16.9 Å². The molecule has 0 unspecified atom stereocenters. The molecule has 4 nitrogen and oxygen atoms in total. The van der Waals surface area contributed by atoms with Gasteiger partial charge in [-0.3, -0.25) is 0 Å². The molecule has 0 radical (unpaired) electrons. The first-order valence-corrected chi connectivity index (χ1v) is 6.00. The summed E-state index contributed by atoms with van der Waals surface area (Å²) in [6.45, 7) is 0. The molecular formula is C14H9ClN2O2. The maximum atomic E-state index is 11.0. The molecule has 2 aromatic heterocycles. The van der Waals surface area contributed by atoms with E-state index in [0.717, 1.165) is 5.56 Å². The van der Waals surface area contributed by atoms with E-state index >= 15 is 0 Å². The molecule has 2 heterocycles. The molecule has 3 rings (SSSR count). The second-order valence-corrected chi connectivity index (χ2v) is 4.51. The van der Waals surface area contributed by atoms with Crippen molar-refractivity contribution >= 4 is 23.2 Å². The van der Waals surface area contributed by atoms with Crippen molar-refractivity contribution < 1.29 is 9.90 Å². The zero-order valence-corrected chi connectivity index (χ0v) is 10.5. The van der Waals surface area contributed by atoms with Gasteiger partial charge in [0, 0.05) is 18.0 Å². The molecule has 0 aliphatic carbocycles. The van der Waals surface area contributed by atoms with E-state index in [1.807, 2.05) is 28.9 Å². The van der Waals surface area contributed by atoms with Crippen molar-refractivity contribution in [2.75, 3.05) is 0 Å². The van der Waals surface area contributed by atoms with Gasteiger partial charge in [-0.15, -0.1) is 0 Å². The number of carbonyl (C=O) groups is 1. The standard InChI is InChI=1S/C14H9ClN2O2/c15-11-5-2-6-17-8-12(16-13(11)17)9-3-1-4-10(7-9)14(18)19/h1-8H,(H,18,19). The molecule has 0 atom stereocenters. The fourth-order valence-corrected chi connectivity index (χ4v) is 2.14. The molecule has 0 amide bonds. The van der Waals surface area contributed by atoms with Crippen LogP contribution in [0.1, 0.15) is 10.4 Å². The van der Waals surface area contributed by atoms with Gasteiger partial charge in [-0.2, -0.15) is 0 Å². The van der Waals surface area contributed by atoms with Crippen LogP contribution in [-0.2, 0) is 0 Å². The van der Waals surface area contributed by atoms with Crippen LogP contribution >= 0.6 is 11.6 Å². The molecule has 0 aliphatic rings. The van der Waals surface area contributed by atoms with Gasteiger partial charge in [-0.1, -0.05) is 23.7 Å². The Balaban J connectivity index is 2.16. The molecule has 0 aliphatic heterocycles. The Morgan fingerprint density at radius 2 is 2.11 bits per heavy atom. The van der Waals surface area contributed by atoms with Gasteiger partial charge in [-0.05, 0) is 24.3 Å². The number of nitrogens with zero attached hydrogens (tertiary/aromatic N) is 2. The number of aromatic carboxylic acids is 1. The normalized spacial score (nSPS) is 10.8. The lowest BCUT2D eigenvalue weighted by Gasteiger charge is -1.98. The predicted molar refractivity (Wildman–Crippen MR) is 72.6 cm³/mol. The third kappa shape index (κ3) is 2.06. The van der Waals surface area contributed by atoms with Crippen LogP contribution in [0.2, 0.25) is 5.02 Å². The summed E-state index contributed by atoms with van der Waals surface area (Å²) in [5, 5.41) is 9.55. The quantitative estimate of drug-likeness (QED) is 0.778. The van der Waals surface area contributed by atoms with E-state index in [0.29, 0.717) is 16.4 Å². The van der Waals surface area contributed by atoms with Crippen LogP contribution in [0.4, 0.5) is 0 Å². The van der Waals surface area contributed by atoms with E-state index in [4.69, 9.17) is 16.7 Å². The van der Waals surface area contributed by atoms with Gasteiger partial charge in [0.05, 0.1) is 16.3 Å². The first kappa shape index (κ1) is 11.7. The molecule has 1 N–H and O–H groups in total. The summed E-state index contributed by atoms with van der Waals surface area (Å²) < 4.78 is 1.81. The Morgan fingerprint density at radius 3 is 2.84 bits per heavy atom. The van der Waals surface area contributed by atoms with Gasteiger partial charge < -0.3 is 9.51 Å². The Bertz CT molecular complexity index is 780. The summed E-state index contributed by atoms with van der Waals surface area (Å²) in [6.07, 6.45) is 3.67. The molecule has 94 valence electrons. The van der Waals surface area contributed by atoms with Crippen LogP contribution in [0.3, 0.4) is 0 Å². The molecule has 3 aromatic rings. The lowest BCUT2D eigenvalue weighted by atomic mass is 10.1. The van der Waals surface area contributed by atoms with Crippen LogP contribution in [0.5, 0.6) is 0 Å². The average Bonchev–Trinajstić information content (AvgIpc) is 2.84. The maximum absolute atomic E-state index is 11.0. The molecule has 0 bridgehead atoms. The largest absolute Gasteiger partial charge is 0.478 e. The topological polar surface area (TPSA) is 54.6 Å². The number of hydrogen-bond donors (Lipinski definition) is 1. The van der Waals surface area contributed by atoms with Crippen molar-refractivity contribution in [2.24, 2.45) is 0 Å². The third-order valence-electron chi connectivity index (χ3n) is 2.84. The first-order chi connectivity index (χ1) is 9.15. The Hall–Kier alpha value is -2.33. The molecule has 0 fully saturated rings. The van der Waals surface area contributed by atoms with Crippen molar-refractivity contribution in [3.8, 4) is 11.3 Å². The Kier molecular flexibility index (Phi) is 2.72. The fraction of sp³-hybridized carbons (Fsp3) is 0. The minimum Gasteiger partial charge on any atom is -0.478 e. The van der Waals surface area contributed by atoms with Gasteiger partial charge in [0.25, 0.3) is 0 Å². The number of halogens is 1. The maximum Gasteiger partial charge on any atom is 0.335 e. The second kappa shape index (κ2) is 4.40. The highest BCUT2D eigenvalue weighted by atomic mass is 35.5. The number of rotatable bonds is 2. The van der Waals surface area contributed by atoms with Crippen LogP contribution in [-0.4, -0.2) is 20.5 Å². The minimum atomic E-state index is -0.955. The van der Waals surface area contributed by atoms with E-state index in [2.05, 4.69) is 4.98 Å². The Labute approximate surface area is 113 Å². The third-order valence-corrected chi connectivity index (χ3v) is 3.14. The fourth-order valence-electron chi connectivity index (χ4n) is 1.93. The average molecular weight is 273 g/mol. The highest BCUT2D eigenvalue weighted by molar-refractivity contribution is 6.33. The molecular weight excluding hydrogens is 264 g/mol. The zero-order valence-electron chi connectivity index (χ0n) is 9.75. The highest BCUT2D eigenvalue weighted by Crippen LogP contribution is 2.23. The van der Waals surface area contributed by atoms with Crippen LogP contribution < -0.4 is 0 Å². The number of imidazole rings is 1. The predicted octanol–water partition coefficient (Wildman–Crippen LogP) is 3.35. The van der Waals surface area contributed by atoms with Gasteiger partial charge in [0.15, 0.2) is 5.65 Å². The van der Waals surface area contributed by atoms with Crippen molar-refractivity contribution in [2.45, 2.75) is 0 Å². The summed E-state index contributed by atoms with van der Waals surface area (Å²) >= 11 is 6.06. The van der Waals surface area contributed by atoms with Gasteiger partial charge in [-0.25, -0.2) is 9.78 Å². The first-order valence-electron chi connectivity index (χ1n) is 5.62. The lowest BCUT2D eigenvalue weighted by Crippen LogP contribution is -1.95. The molecule has 5 heteroatoms. The van der Waals surface area contributed by atoms with Crippen molar-refractivity contribution in [1.29, 1.82) is 0 Å². The minimum absolute atomic E-state index is 0.237. The lowest BCUT2D eigenvalue weighted by molar-refractivity contribution is 0.0697. The summed E-state index contributed by atoms with van der Waals surface area (Å²) in [7, 11) is 0. The summed E-state index contributed by atoms with van der Waals surface area (Å²) in [4.78, 5) is 15.4. The van der Waals surface area contributed by atoms with E-state index in [1.165, 1.54) is 0 Å². The van der Waals surface area contributed by atoms with Gasteiger partial charge >= 0.3 is 5.97 Å². The molecule has 0 saturated carbocycles. The highest BCUT2D eigenvalue weighted by Gasteiger charge is 2.09. The van der Waals surface area contributed by atoms with E-state index in [9.17, 15) is 4.79 Å². The summed E-state index contributed by atoms with van der Waals surface area (Å²) in [5.41, 5.74) is 2.33. The van der Waals surface area contributed by atoms with E-state index < -0.39 is 5.97 Å². The van der Waals surface area contributed by atoms with Crippen LogP contribution in [0.15, 0.2) is 48.8 Å². The van der Waals surface area contributed by atoms with Crippen molar-refractivity contribution in [1.82, 2.24) is 9.38 Å². The number of hydrogen-bond acceptors (Lipinski definition) is 2. The number of aromatic nitrogens is 2. The number of fused-ring (bicyclic) bond motifs is 1. The van der Waals surface area contributed by atoms with Crippen molar-refractivity contribution in [3.05, 3.63) is 59.4 Å². The molecule has 1 aromatic carbocycles. The number of carboxylic acid groups (broad SMARTS) is 1. The summed E-state index contributed by atoms with van der Waals surface area (Å²) in [6, 6.07) is 10.3. The molecule has 0 saturated heterocycles. The molecule has 19 heavy (non-hydrogen) atoms. The van der Waals surface area contributed by atoms with E-state index in [-0.39, 0.29) is 5.56 Å². The smallest absolute Gasteiger partial charge is 0.335 e. The zero-order chi connectivity index (χ0) is 13.4. The Morgan fingerprint density at radius 1 is 1.26 bits per heavy atom. The van der Waals surface area contributed by atoms with Crippen molar-refractivity contribution in [3.63, 3.8) is 0 Å². The van der Waals surface area contributed by atoms with Gasteiger partial charge in [0.2, 0.25) is 0 Å². The molecule has 0 spiro atoms. The number of pyridine rings is 1. The number of benzene rings is 1. The summed E-state index contributed by atoms with van der Waals surface area (Å²) in [5.74, 6) is -0.955. The second-order valence-electron chi connectivity index (χ2n) is 4.10.